The fourth-order valence-corrected chi connectivity index (χ4v) is 2.71. The number of ether oxygens (including phenoxy) is 1. The Bertz CT molecular complexity index is 926. The van der Waals surface area contributed by atoms with Crippen LogP contribution in [0.4, 0.5) is 5.69 Å². The second-order valence-electron chi connectivity index (χ2n) is 5.77. The van der Waals surface area contributed by atoms with Gasteiger partial charge in [0.05, 0.1) is 17.2 Å². The summed E-state index contributed by atoms with van der Waals surface area (Å²) in [4.78, 5) is 16.4. The quantitative estimate of drug-likeness (QED) is 0.597. The zero-order valence-electron chi connectivity index (χ0n) is 14.5. The van der Waals surface area contributed by atoms with E-state index in [2.05, 4.69) is 15.5 Å². The number of anilines is 1. The summed E-state index contributed by atoms with van der Waals surface area (Å²) in [6.45, 7) is 0. The van der Waals surface area contributed by atoms with E-state index in [0.717, 1.165) is 11.3 Å². The van der Waals surface area contributed by atoms with Gasteiger partial charge in [-0.1, -0.05) is 28.4 Å². The first kappa shape index (κ1) is 19.2. The maximum atomic E-state index is 12.0. The molecule has 1 N–H and O–H groups in total. The highest BCUT2D eigenvalue weighted by Gasteiger charge is 2.10. The monoisotopic (exact) mass is 405 g/mol. The van der Waals surface area contributed by atoms with Gasteiger partial charge in [-0.05, 0) is 48.9 Å². The Kier molecular flexibility index (Phi) is 6.32. The maximum Gasteiger partial charge on any atom is 0.226 e. The normalized spacial score (nSPS) is 10.6. The van der Waals surface area contributed by atoms with Gasteiger partial charge in [-0.3, -0.25) is 4.79 Å². The molecule has 0 fully saturated rings. The van der Waals surface area contributed by atoms with Gasteiger partial charge >= 0.3 is 0 Å². The van der Waals surface area contributed by atoms with Crippen LogP contribution >= 0.6 is 23.2 Å². The number of halogens is 2. The molecule has 8 heteroatoms. The molecule has 2 aromatic carbocycles. The Morgan fingerprint density at radius 1 is 1.15 bits per heavy atom. The molecule has 0 saturated heterocycles. The van der Waals surface area contributed by atoms with Gasteiger partial charge in [0.15, 0.2) is 0 Å². The van der Waals surface area contributed by atoms with Crippen molar-refractivity contribution in [2.24, 2.45) is 0 Å². The largest absolute Gasteiger partial charge is 0.497 e. The summed E-state index contributed by atoms with van der Waals surface area (Å²) in [6.07, 6.45) is 1.41. The van der Waals surface area contributed by atoms with E-state index in [1.165, 1.54) is 0 Å². The van der Waals surface area contributed by atoms with Crippen molar-refractivity contribution in [3.8, 4) is 17.1 Å². The number of aryl methyl sites for hydroxylation is 1. The molecule has 1 aromatic heterocycles. The van der Waals surface area contributed by atoms with Crippen molar-refractivity contribution in [2.45, 2.75) is 19.3 Å². The summed E-state index contributed by atoms with van der Waals surface area (Å²) in [6, 6.07) is 12.3. The highest BCUT2D eigenvalue weighted by Crippen LogP contribution is 2.25. The molecule has 0 unspecified atom stereocenters. The smallest absolute Gasteiger partial charge is 0.226 e. The zero-order valence-corrected chi connectivity index (χ0v) is 16.0. The number of methoxy groups -OCH3 is 1. The molecule has 0 spiro atoms. The first-order valence-electron chi connectivity index (χ1n) is 8.27. The molecule has 1 heterocycles. The fourth-order valence-electron chi connectivity index (χ4n) is 2.41. The number of nitrogens with one attached hydrogen (secondary N) is 1. The Balaban J connectivity index is 1.49. The van der Waals surface area contributed by atoms with Crippen LogP contribution in [0.2, 0.25) is 10.0 Å². The summed E-state index contributed by atoms with van der Waals surface area (Å²) in [7, 11) is 1.61. The lowest BCUT2D eigenvalue weighted by atomic mass is 10.2. The molecule has 3 rings (SSSR count). The van der Waals surface area contributed by atoms with E-state index in [-0.39, 0.29) is 5.91 Å². The molecule has 3 aromatic rings. The minimum absolute atomic E-state index is 0.122. The number of benzene rings is 2. The van der Waals surface area contributed by atoms with Crippen LogP contribution in [-0.2, 0) is 11.2 Å². The van der Waals surface area contributed by atoms with Crippen LogP contribution in [0.25, 0.3) is 11.4 Å². The standard InChI is InChI=1S/C19H17Cl2N3O3/c1-26-14-8-5-12(6-9-14)19-23-18(27-24-19)4-2-3-17(25)22-13-7-10-15(20)16(21)11-13/h5-11H,2-4H2,1H3,(H,22,25). The summed E-state index contributed by atoms with van der Waals surface area (Å²) in [5.74, 6) is 1.63. The van der Waals surface area contributed by atoms with E-state index >= 15 is 0 Å². The number of carbonyl (C=O) groups excluding carboxylic acids is 1. The van der Waals surface area contributed by atoms with E-state index in [9.17, 15) is 4.79 Å². The third kappa shape index (κ3) is 5.21. The van der Waals surface area contributed by atoms with Crippen molar-refractivity contribution >= 4 is 34.8 Å². The molecule has 0 bridgehead atoms. The van der Waals surface area contributed by atoms with Crippen molar-refractivity contribution in [3.63, 3.8) is 0 Å². The zero-order chi connectivity index (χ0) is 19.2. The van der Waals surface area contributed by atoms with Crippen LogP contribution < -0.4 is 10.1 Å². The molecule has 0 aliphatic rings. The van der Waals surface area contributed by atoms with Gasteiger partial charge in [0.25, 0.3) is 0 Å². The molecule has 1 amide bonds. The highest BCUT2D eigenvalue weighted by molar-refractivity contribution is 6.42. The van der Waals surface area contributed by atoms with Crippen LogP contribution in [0.1, 0.15) is 18.7 Å². The molecule has 0 aliphatic heterocycles. The van der Waals surface area contributed by atoms with Gasteiger partial charge in [0.1, 0.15) is 5.75 Å². The van der Waals surface area contributed by atoms with E-state index in [4.69, 9.17) is 32.5 Å². The van der Waals surface area contributed by atoms with Gasteiger partial charge in [0.2, 0.25) is 17.6 Å². The fraction of sp³-hybridized carbons (Fsp3) is 0.211. The predicted molar refractivity (Wildman–Crippen MR) is 104 cm³/mol. The topological polar surface area (TPSA) is 77.2 Å². The number of amides is 1. The highest BCUT2D eigenvalue weighted by atomic mass is 35.5. The average molecular weight is 406 g/mol. The molecule has 140 valence electrons. The lowest BCUT2D eigenvalue weighted by molar-refractivity contribution is -0.116. The number of rotatable bonds is 7. The number of aromatic nitrogens is 2. The van der Waals surface area contributed by atoms with E-state index in [1.54, 1.807) is 25.3 Å². The van der Waals surface area contributed by atoms with E-state index < -0.39 is 0 Å². The van der Waals surface area contributed by atoms with E-state index in [0.29, 0.717) is 46.7 Å². The Labute approximate surface area is 166 Å². The molecule has 27 heavy (non-hydrogen) atoms. The van der Waals surface area contributed by atoms with Crippen LogP contribution in [0.5, 0.6) is 5.75 Å². The van der Waals surface area contributed by atoms with Crippen LogP contribution in [0, 0.1) is 0 Å². The molecular weight excluding hydrogens is 389 g/mol. The van der Waals surface area contributed by atoms with Crippen molar-refractivity contribution in [2.75, 3.05) is 12.4 Å². The third-order valence-electron chi connectivity index (χ3n) is 3.81. The number of nitrogens with zero attached hydrogens (tertiary/aromatic N) is 2. The summed E-state index contributed by atoms with van der Waals surface area (Å²) in [5, 5.41) is 7.59. The minimum atomic E-state index is -0.122. The van der Waals surface area contributed by atoms with Crippen molar-refractivity contribution in [1.29, 1.82) is 0 Å². The lowest BCUT2D eigenvalue weighted by Crippen LogP contribution is -2.11. The van der Waals surface area contributed by atoms with Crippen molar-refractivity contribution in [3.05, 3.63) is 58.4 Å². The Hall–Kier alpha value is -2.57. The second-order valence-corrected chi connectivity index (χ2v) is 6.59. The predicted octanol–water partition coefficient (Wildman–Crippen LogP) is 5.01. The lowest BCUT2D eigenvalue weighted by Gasteiger charge is -2.05. The van der Waals surface area contributed by atoms with Crippen molar-refractivity contribution in [1.82, 2.24) is 10.1 Å². The molecule has 0 radical (unpaired) electrons. The second kappa shape index (κ2) is 8.88. The number of carbonyl (C=O) groups is 1. The van der Waals surface area contributed by atoms with Crippen molar-refractivity contribution < 1.29 is 14.1 Å². The van der Waals surface area contributed by atoms with Gasteiger partial charge in [0, 0.05) is 24.1 Å². The van der Waals surface area contributed by atoms with Gasteiger partial charge in [-0.15, -0.1) is 0 Å². The number of hydrogen-bond donors (Lipinski definition) is 1. The maximum absolute atomic E-state index is 12.0. The first-order valence-corrected chi connectivity index (χ1v) is 9.02. The van der Waals surface area contributed by atoms with Gasteiger partial charge in [-0.25, -0.2) is 0 Å². The van der Waals surface area contributed by atoms with Crippen LogP contribution in [0.3, 0.4) is 0 Å². The average Bonchev–Trinajstić information content (AvgIpc) is 3.14. The summed E-state index contributed by atoms with van der Waals surface area (Å²) >= 11 is 11.8. The summed E-state index contributed by atoms with van der Waals surface area (Å²) < 4.78 is 10.4. The SMILES string of the molecule is COc1ccc(-c2noc(CCCC(=O)Nc3ccc(Cl)c(Cl)c3)n2)cc1. The third-order valence-corrected chi connectivity index (χ3v) is 4.55. The molecule has 0 aliphatic carbocycles. The van der Waals surface area contributed by atoms with Gasteiger partial charge < -0.3 is 14.6 Å². The Morgan fingerprint density at radius 3 is 2.63 bits per heavy atom. The Morgan fingerprint density at radius 2 is 1.93 bits per heavy atom. The number of hydrogen-bond acceptors (Lipinski definition) is 5. The molecular formula is C19H17Cl2N3O3. The molecule has 6 nitrogen and oxygen atoms in total. The molecule has 0 saturated carbocycles. The molecule has 0 atom stereocenters. The first-order chi connectivity index (χ1) is 13.0. The van der Waals surface area contributed by atoms with Gasteiger partial charge in [-0.2, -0.15) is 4.98 Å². The van der Waals surface area contributed by atoms with Crippen LogP contribution in [0.15, 0.2) is 47.0 Å². The van der Waals surface area contributed by atoms with Crippen LogP contribution in [-0.4, -0.2) is 23.2 Å². The minimum Gasteiger partial charge on any atom is -0.497 e. The summed E-state index contributed by atoms with van der Waals surface area (Å²) in [5.41, 5.74) is 1.44. The van der Waals surface area contributed by atoms with E-state index in [1.807, 2.05) is 24.3 Å².